The van der Waals surface area contributed by atoms with Crippen LogP contribution < -0.4 is 0 Å². The van der Waals surface area contributed by atoms with Gasteiger partial charge < -0.3 is 54.7 Å². The molecule has 0 aromatic rings. The van der Waals surface area contributed by atoms with E-state index in [0.717, 1.165) is 19.3 Å². The van der Waals surface area contributed by atoms with E-state index in [4.69, 9.17) is 18.9 Å². The molecule has 0 unspecified atom stereocenters. The number of ether oxygens (including phenoxy) is 4. The van der Waals surface area contributed by atoms with Gasteiger partial charge in [0.1, 0.15) is 43.2 Å². The van der Waals surface area contributed by atoms with Crippen molar-refractivity contribution in [3.8, 4) is 0 Å². The number of esters is 1. The van der Waals surface area contributed by atoms with Crippen LogP contribution >= 0.6 is 0 Å². The van der Waals surface area contributed by atoms with Gasteiger partial charge in [-0.25, -0.2) is 0 Å². The predicted octanol–water partition coefficient (Wildman–Crippen LogP) is 0.768. The summed E-state index contributed by atoms with van der Waals surface area (Å²) in [6.45, 7) is -0.127. The fourth-order valence-corrected chi connectivity index (χ4v) is 5.61. The summed E-state index contributed by atoms with van der Waals surface area (Å²) in [7, 11) is 0. The molecule has 2 heterocycles. The van der Waals surface area contributed by atoms with Crippen molar-refractivity contribution in [1.82, 2.24) is 0 Å². The summed E-state index contributed by atoms with van der Waals surface area (Å²) in [5, 5.41) is 70.3. The molecule has 0 spiro atoms. The van der Waals surface area contributed by atoms with E-state index >= 15 is 0 Å². The normalized spacial score (nSPS) is 32.5. The molecule has 12 nitrogen and oxygen atoms in total. The summed E-state index contributed by atoms with van der Waals surface area (Å²) < 4.78 is 21.9. The molecule has 0 saturated carbocycles. The van der Waals surface area contributed by atoms with E-state index in [9.17, 15) is 40.5 Å². The molecule has 7 N–H and O–H groups in total. The Labute approximate surface area is 278 Å². The second-order valence-electron chi connectivity index (χ2n) is 11.7. The van der Waals surface area contributed by atoms with Crippen molar-refractivity contribution < 1.29 is 59.5 Å². The quantitative estimate of drug-likeness (QED) is 0.0504. The van der Waals surface area contributed by atoms with Gasteiger partial charge in [0.25, 0.3) is 0 Å². The van der Waals surface area contributed by atoms with Gasteiger partial charge in [-0.3, -0.25) is 4.79 Å². The van der Waals surface area contributed by atoms with Crippen LogP contribution in [0.25, 0.3) is 0 Å². The van der Waals surface area contributed by atoms with E-state index < -0.39 is 80.6 Å². The van der Waals surface area contributed by atoms with E-state index in [1.54, 1.807) is 0 Å². The number of aliphatic hydroxyl groups is 7. The van der Waals surface area contributed by atoms with Crippen LogP contribution in [0.15, 0.2) is 0 Å². The minimum absolute atomic E-state index is 0. The molecule has 2 saturated heterocycles. The summed E-state index contributed by atoms with van der Waals surface area (Å²) in [5.41, 5.74) is 0. The van der Waals surface area contributed by atoms with E-state index in [-0.39, 0.29) is 36.0 Å². The molecule has 2 aliphatic heterocycles. The number of unbranched alkanes of at least 4 members (excludes halogenated alkanes) is 14. The molecule has 0 amide bonds. The number of aliphatic hydroxyl groups excluding tert-OH is 7. The number of hydrogen-bond acceptors (Lipinski definition) is 12. The Morgan fingerprint density at radius 3 is 1.63 bits per heavy atom. The standard InChI is InChI=1S/C30H56O12.Na.H/c1-2-3-4-5-6-7-8-9-10-11-12-13-14-15-16-17-23(34)40-28-25(36)22(19-32)41-30(28,20-33)42-29-27(38)26(37)24(35)21(18-31)39-29;;/h21-22,24-29,31-33,35-38H,2-20H2,1H3;;/t21-,22-,24-,25-,26+,27-,28+,29-,30+;;/m1../s1. The molecule has 13 heteroatoms. The summed E-state index contributed by atoms with van der Waals surface area (Å²) >= 11 is 0. The molecular formula is C30H57NaO12. The first-order valence-corrected chi connectivity index (χ1v) is 16.0. The van der Waals surface area contributed by atoms with Crippen molar-refractivity contribution in [2.24, 2.45) is 0 Å². The van der Waals surface area contributed by atoms with E-state index in [1.807, 2.05) is 0 Å². The summed E-state index contributed by atoms with van der Waals surface area (Å²) in [6.07, 6.45) is 5.18. The third kappa shape index (κ3) is 13.0. The van der Waals surface area contributed by atoms with E-state index in [2.05, 4.69) is 6.92 Å². The van der Waals surface area contributed by atoms with Gasteiger partial charge in [-0.05, 0) is 6.42 Å². The average molecular weight is 633 g/mol. The predicted molar refractivity (Wildman–Crippen MR) is 159 cm³/mol. The third-order valence-corrected chi connectivity index (χ3v) is 8.28. The van der Waals surface area contributed by atoms with Gasteiger partial charge >= 0.3 is 35.5 Å². The fraction of sp³-hybridized carbons (Fsp3) is 0.967. The number of hydrogen-bond donors (Lipinski definition) is 7. The fourth-order valence-electron chi connectivity index (χ4n) is 5.61. The molecule has 0 radical (unpaired) electrons. The second-order valence-corrected chi connectivity index (χ2v) is 11.7. The van der Waals surface area contributed by atoms with Gasteiger partial charge in [0.2, 0.25) is 5.79 Å². The molecule has 0 aromatic carbocycles. The van der Waals surface area contributed by atoms with Crippen LogP contribution in [0.2, 0.25) is 0 Å². The first kappa shape index (κ1) is 41.1. The van der Waals surface area contributed by atoms with Crippen LogP contribution in [-0.2, 0) is 23.7 Å². The topological polar surface area (TPSA) is 196 Å². The number of carbonyl (C=O) groups excluding carboxylic acids is 1. The van der Waals surface area contributed by atoms with Crippen LogP contribution in [-0.4, -0.2) is 146 Å². The van der Waals surface area contributed by atoms with Crippen molar-refractivity contribution in [2.45, 2.75) is 164 Å². The molecule has 43 heavy (non-hydrogen) atoms. The van der Waals surface area contributed by atoms with Gasteiger partial charge in [-0.1, -0.05) is 96.8 Å². The Balaban J connectivity index is 0.00000924. The van der Waals surface area contributed by atoms with Crippen LogP contribution in [0.1, 0.15) is 110 Å². The third-order valence-electron chi connectivity index (χ3n) is 8.28. The zero-order valence-electron chi connectivity index (χ0n) is 25.2. The van der Waals surface area contributed by atoms with Crippen LogP contribution in [0, 0.1) is 0 Å². The van der Waals surface area contributed by atoms with Gasteiger partial charge in [-0.2, -0.15) is 0 Å². The Hall–Kier alpha value is 0.0700. The first-order valence-electron chi connectivity index (χ1n) is 16.0. The molecule has 250 valence electrons. The average Bonchev–Trinajstić information content (AvgIpc) is 3.25. The van der Waals surface area contributed by atoms with Crippen molar-refractivity contribution in [3.63, 3.8) is 0 Å². The summed E-state index contributed by atoms with van der Waals surface area (Å²) in [4.78, 5) is 12.7. The van der Waals surface area contributed by atoms with Crippen LogP contribution in [0.4, 0.5) is 0 Å². The van der Waals surface area contributed by atoms with Crippen molar-refractivity contribution >= 4 is 35.5 Å². The minimum atomic E-state index is -2.24. The van der Waals surface area contributed by atoms with Crippen LogP contribution in [0.3, 0.4) is 0 Å². The molecule has 0 aliphatic carbocycles. The molecular weight excluding hydrogens is 575 g/mol. The van der Waals surface area contributed by atoms with E-state index in [1.165, 1.54) is 70.6 Å². The Bertz CT molecular complexity index is 731. The summed E-state index contributed by atoms with van der Waals surface area (Å²) in [6, 6.07) is 0. The summed E-state index contributed by atoms with van der Waals surface area (Å²) in [5.74, 6) is -2.91. The Kier molecular flexibility index (Phi) is 21.6. The van der Waals surface area contributed by atoms with Gasteiger partial charge in [0.15, 0.2) is 12.4 Å². The van der Waals surface area contributed by atoms with Crippen molar-refractivity contribution in [3.05, 3.63) is 0 Å². The molecule has 9 atom stereocenters. The first-order chi connectivity index (χ1) is 20.2. The van der Waals surface area contributed by atoms with Crippen molar-refractivity contribution in [2.75, 3.05) is 19.8 Å². The number of carbonyl (C=O) groups is 1. The van der Waals surface area contributed by atoms with Gasteiger partial charge in [0, 0.05) is 6.42 Å². The molecule has 2 fully saturated rings. The van der Waals surface area contributed by atoms with E-state index in [0.29, 0.717) is 6.42 Å². The Morgan fingerprint density at radius 1 is 0.674 bits per heavy atom. The van der Waals surface area contributed by atoms with Gasteiger partial charge in [-0.15, -0.1) is 0 Å². The molecule has 0 bridgehead atoms. The van der Waals surface area contributed by atoms with Gasteiger partial charge in [0.05, 0.1) is 13.2 Å². The molecule has 0 aromatic heterocycles. The zero-order valence-corrected chi connectivity index (χ0v) is 25.2. The SMILES string of the molecule is CCCCCCCCCCCCCCCCCC(=O)O[C@H]1[C@H](O)[C@@H](CO)O[C@@]1(CO)O[C@H]1O[C@H](CO)[C@@H](O)[C@H](O)[C@H]1O.[NaH]. The second kappa shape index (κ2) is 22.6. The number of rotatable bonds is 22. The van der Waals surface area contributed by atoms with Crippen LogP contribution in [0.5, 0.6) is 0 Å². The maximum absolute atomic E-state index is 12.7. The van der Waals surface area contributed by atoms with Crippen molar-refractivity contribution in [1.29, 1.82) is 0 Å². The molecule has 2 aliphatic rings. The monoisotopic (exact) mass is 632 g/mol. The Morgan fingerprint density at radius 2 is 1.16 bits per heavy atom. The zero-order chi connectivity index (χ0) is 31.0. The maximum atomic E-state index is 12.7. The molecule has 2 rings (SSSR count).